The number of nitrogens with one attached hydrogen (secondary N) is 1. The molecule has 0 rings (SSSR count). The van der Waals surface area contributed by atoms with Crippen LogP contribution in [0.5, 0.6) is 0 Å². The lowest BCUT2D eigenvalue weighted by Crippen LogP contribution is -2.37. The van der Waals surface area contributed by atoms with E-state index in [-0.39, 0.29) is 6.04 Å². The average molecular weight is 229 g/mol. The van der Waals surface area contributed by atoms with Crippen LogP contribution in [0, 0.1) is 0 Å². The summed E-state index contributed by atoms with van der Waals surface area (Å²) in [5.41, 5.74) is -0.527. The maximum Gasteiger partial charge on any atom is 0.407 e. The van der Waals surface area contributed by atoms with Gasteiger partial charge < -0.3 is 15.2 Å². The molecule has 0 heterocycles. The Labute approximate surface area is 95.5 Å². The molecule has 0 aromatic heterocycles. The second-order valence-corrected chi connectivity index (χ2v) is 4.52. The Hall–Kier alpha value is -1.52. The van der Waals surface area contributed by atoms with E-state index >= 15 is 0 Å². The number of hydrogen-bond acceptors (Lipinski definition) is 3. The lowest BCUT2D eigenvalue weighted by atomic mass is 10.2. The number of carboxylic acids is 1. The summed E-state index contributed by atoms with van der Waals surface area (Å²) in [5, 5.41) is 11.0. The van der Waals surface area contributed by atoms with Crippen LogP contribution in [0.4, 0.5) is 4.79 Å². The summed E-state index contributed by atoms with van der Waals surface area (Å²) < 4.78 is 5.05. The van der Waals surface area contributed by atoms with Crippen LogP contribution >= 0.6 is 0 Å². The van der Waals surface area contributed by atoms with Crippen LogP contribution in [0.3, 0.4) is 0 Å². The summed E-state index contributed by atoms with van der Waals surface area (Å²) in [6.07, 6.45) is 2.49. The number of hydrogen-bond donors (Lipinski definition) is 2. The lowest BCUT2D eigenvalue weighted by molar-refractivity contribution is -0.131. The summed E-state index contributed by atoms with van der Waals surface area (Å²) in [6, 6.07) is -0.162. The molecule has 0 aromatic rings. The largest absolute Gasteiger partial charge is 0.478 e. The van der Waals surface area contributed by atoms with E-state index in [1.54, 1.807) is 27.7 Å². The highest BCUT2D eigenvalue weighted by atomic mass is 16.6. The molecule has 1 atom stereocenters. The molecule has 0 aliphatic carbocycles. The number of rotatable bonds is 4. The maximum absolute atomic E-state index is 11.3. The Bertz CT molecular complexity index is 278. The number of alkyl carbamates (subject to hydrolysis) is 1. The average Bonchev–Trinajstić information content (AvgIpc) is 1.98. The molecule has 0 spiro atoms. The van der Waals surface area contributed by atoms with E-state index in [0.29, 0.717) is 6.42 Å². The van der Waals surface area contributed by atoms with Crippen LogP contribution in [0.1, 0.15) is 34.1 Å². The first kappa shape index (κ1) is 14.5. The number of ether oxygens (including phenoxy) is 1. The summed E-state index contributed by atoms with van der Waals surface area (Å²) in [5.74, 6) is -0.996. The number of aliphatic carboxylic acids is 1. The molecule has 0 aliphatic heterocycles. The minimum atomic E-state index is -0.996. The number of carbonyl (C=O) groups excluding carboxylic acids is 1. The third-order valence-electron chi connectivity index (χ3n) is 1.51. The highest BCUT2D eigenvalue weighted by Gasteiger charge is 2.16. The summed E-state index contributed by atoms with van der Waals surface area (Å²) in [6.45, 7) is 7.11. The molecule has 0 saturated heterocycles. The molecule has 92 valence electrons. The van der Waals surface area contributed by atoms with Gasteiger partial charge in [-0.25, -0.2) is 9.59 Å². The molecular weight excluding hydrogens is 210 g/mol. The van der Waals surface area contributed by atoms with Crippen molar-refractivity contribution in [2.45, 2.75) is 45.8 Å². The molecule has 5 heteroatoms. The fourth-order valence-electron chi connectivity index (χ4n) is 0.941. The van der Waals surface area contributed by atoms with E-state index < -0.39 is 17.7 Å². The van der Waals surface area contributed by atoms with E-state index in [1.165, 1.54) is 6.08 Å². The highest BCUT2D eigenvalue weighted by molar-refractivity contribution is 5.79. The molecular formula is C11H19NO4. The second-order valence-electron chi connectivity index (χ2n) is 4.52. The molecule has 2 N–H and O–H groups in total. The number of carboxylic acid groups (broad SMARTS) is 1. The van der Waals surface area contributed by atoms with Crippen molar-refractivity contribution in [2.24, 2.45) is 0 Å². The van der Waals surface area contributed by atoms with Gasteiger partial charge in [0.15, 0.2) is 0 Å². The molecule has 1 amide bonds. The maximum atomic E-state index is 11.3. The third kappa shape index (κ3) is 9.05. The SMILES string of the molecule is CC(C/C=C/C(=O)O)NC(=O)OC(C)(C)C. The summed E-state index contributed by atoms with van der Waals surface area (Å²) >= 11 is 0. The molecule has 0 aromatic carbocycles. The van der Waals surface area contributed by atoms with Gasteiger partial charge in [-0.2, -0.15) is 0 Å². The smallest absolute Gasteiger partial charge is 0.407 e. The van der Waals surface area contributed by atoms with E-state index in [0.717, 1.165) is 6.08 Å². The fourth-order valence-corrected chi connectivity index (χ4v) is 0.941. The van der Waals surface area contributed by atoms with Crippen molar-refractivity contribution < 1.29 is 19.4 Å². The van der Waals surface area contributed by atoms with Crippen molar-refractivity contribution in [3.8, 4) is 0 Å². The van der Waals surface area contributed by atoms with Crippen molar-refractivity contribution >= 4 is 12.1 Å². The topological polar surface area (TPSA) is 75.6 Å². The van der Waals surface area contributed by atoms with Crippen LogP contribution in [0.2, 0.25) is 0 Å². The normalized spacial score (nSPS) is 13.5. The van der Waals surface area contributed by atoms with Gasteiger partial charge in [0.05, 0.1) is 0 Å². The number of amides is 1. The Morgan fingerprint density at radius 3 is 2.44 bits per heavy atom. The Balaban J connectivity index is 3.92. The predicted octanol–water partition coefficient (Wildman–Crippen LogP) is 1.93. The molecule has 0 bridgehead atoms. The minimum absolute atomic E-state index is 0.162. The van der Waals surface area contributed by atoms with Gasteiger partial charge in [0.2, 0.25) is 0 Å². The van der Waals surface area contributed by atoms with E-state index in [1.807, 2.05) is 0 Å². The molecule has 0 fully saturated rings. The Kier molecular flexibility index (Phi) is 5.56. The zero-order chi connectivity index (χ0) is 12.8. The highest BCUT2D eigenvalue weighted by Crippen LogP contribution is 2.07. The Morgan fingerprint density at radius 2 is 2.00 bits per heavy atom. The first-order valence-electron chi connectivity index (χ1n) is 5.09. The van der Waals surface area contributed by atoms with Crippen LogP contribution in [-0.2, 0) is 9.53 Å². The molecule has 5 nitrogen and oxygen atoms in total. The summed E-state index contributed by atoms with van der Waals surface area (Å²) in [7, 11) is 0. The fraction of sp³-hybridized carbons (Fsp3) is 0.636. The van der Waals surface area contributed by atoms with E-state index in [4.69, 9.17) is 9.84 Å². The van der Waals surface area contributed by atoms with Crippen LogP contribution in [0.15, 0.2) is 12.2 Å². The van der Waals surface area contributed by atoms with Crippen LogP contribution in [-0.4, -0.2) is 28.8 Å². The standard InChI is InChI=1S/C11H19NO4/c1-8(6-5-7-9(13)14)12-10(15)16-11(2,3)4/h5,7-8H,6H2,1-4H3,(H,12,15)(H,13,14)/b7-5+. The monoisotopic (exact) mass is 229 g/mol. The van der Waals surface area contributed by atoms with Gasteiger partial charge in [0.25, 0.3) is 0 Å². The third-order valence-corrected chi connectivity index (χ3v) is 1.51. The molecule has 1 unspecified atom stereocenters. The second kappa shape index (κ2) is 6.15. The molecule has 0 saturated carbocycles. The zero-order valence-corrected chi connectivity index (χ0v) is 10.1. The van der Waals surface area contributed by atoms with Crippen LogP contribution in [0.25, 0.3) is 0 Å². The van der Waals surface area contributed by atoms with E-state index in [2.05, 4.69) is 5.32 Å². The van der Waals surface area contributed by atoms with Gasteiger partial charge >= 0.3 is 12.1 Å². The van der Waals surface area contributed by atoms with Gasteiger partial charge in [-0.1, -0.05) is 6.08 Å². The summed E-state index contributed by atoms with van der Waals surface area (Å²) in [4.78, 5) is 21.5. The quantitative estimate of drug-likeness (QED) is 0.722. The van der Waals surface area contributed by atoms with Gasteiger partial charge in [-0.05, 0) is 34.1 Å². The molecule has 0 aliphatic rings. The van der Waals surface area contributed by atoms with Gasteiger partial charge in [0.1, 0.15) is 5.60 Å². The van der Waals surface area contributed by atoms with Crippen molar-refractivity contribution in [3.05, 3.63) is 12.2 Å². The van der Waals surface area contributed by atoms with Crippen molar-refractivity contribution in [1.29, 1.82) is 0 Å². The van der Waals surface area contributed by atoms with E-state index in [9.17, 15) is 9.59 Å². The van der Waals surface area contributed by atoms with Crippen molar-refractivity contribution in [1.82, 2.24) is 5.32 Å². The van der Waals surface area contributed by atoms with Gasteiger partial charge in [-0.15, -0.1) is 0 Å². The van der Waals surface area contributed by atoms with Gasteiger partial charge in [-0.3, -0.25) is 0 Å². The number of carbonyl (C=O) groups is 2. The first-order chi connectivity index (χ1) is 7.20. The lowest BCUT2D eigenvalue weighted by Gasteiger charge is -2.21. The van der Waals surface area contributed by atoms with Crippen molar-refractivity contribution in [3.63, 3.8) is 0 Å². The predicted molar refractivity (Wildman–Crippen MR) is 60.2 cm³/mol. The van der Waals surface area contributed by atoms with Crippen LogP contribution < -0.4 is 5.32 Å². The van der Waals surface area contributed by atoms with Crippen molar-refractivity contribution in [2.75, 3.05) is 0 Å². The zero-order valence-electron chi connectivity index (χ0n) is 10.1. The first-order valence-corrected chi connectivity index (χ1v) is 5.09. The van der Waals surface area contributed by atoms with Gasteiger partial charge in [0, 0.05) is 12.1 Å². The Morgan fingerprint density at radius 1 is 1.44 bits per heavy atom. The minimum Gasteiger partial charge on any atom is -0.478 e. The molecule has 0 radical (unpaired) electrons. The molecule has 16 heavy (non-hydrogen) atoms.